The van der Waals surface area contributed by atoms with Gasteiger partial charge >= 0.3 is 6.18 Å². The molecule has 0 radical (unpaired) electrons. The maximum Gasteiger partial charge on any atom is 0.417 e. The first-order chi connectivity index (χ1) is 9.21. The van der Waals surface area contributed by atoms with Crippen molar-refractivity contribution in [3.63, 3.8) is 0 Å². The predicted molar refractivity (Wildman–Crippen MR) is 69.5 cm³/mol. The van der Waals surface area contributed by atoms with Gasteiger partial charge in [-0.3, -0.25) is 0 Å². The van der Waals surface area contributed by atoms with Crippen LogP contribution in [-0.4, -0.2) is 15.2 Å². The molecule has 0 aliphatic carbocycles. The Morgan fingerprint density at radius 2 is 2.00 bits per heavy atom. The monoisotopic (exact) mass is 284 g/mol. The molecule has 2 aromatic rings. The second kappa shape index (κ2) is 3.91. The van der Waals surface area contributed by atoms with Crippen LogP contribution in [0.3, 0.4) is 0 Å². The number of nitrogens with zero attached hydrogens (tertiary/aromatic N) is 1. The lowest BCUT2D eigenvalue weighted by atomic mass is 10.0. The van der Waals surface area contributed by atoms with E-state index in [1.165, 1.54) is 6.07 Å². The maximum atomic E-state index is 13.1. The van der Waals surface area contributed by atoms with Crippen LogP contribution in [0.2, 0.25) is 0 Å². The Morgan fingerprint density at radius 1 is 1.30 bits per heavy atom. The predicted octanol–water partition coefficient (Wildman–Crippen LogP) is 3.25. The fourth-order valence-electron chi connectivity index (χ4n) is 2.81. The minimum absolute atomic E-state index is 0.102. The van der Waals surface area contributed by atoms with Gasteiger partial charge in [0.25, 0.3) is 0 Å². The first kappa shape index (κ1) is 13.3. The molecule has 1 aromatic carbocycles. The summed E-state index contributed by atoms with van der Waals surface area (Å²) in [5.74, 6) is -0.294. The molecule has 0 fully saturated rings. The van der Waals surface area contributed by atoms with Gasteiger partial charge in [-0.2, -0.15) is 13.2 Å². The number of aromatic nitrogens is 1. The number of hydrogen-bond donors (Lipinski definition) is 2. The Hall–Kier alpha value is -1.69. The third kappa shape index (κ3) is 1.86. The highest BCUT2D eigenvalue weighted by atomic mass is 19.4. The summed E-state index contributed by atoms with van der Waals surface area (Å²) in [5, 5.41) is 13.9. The molecule has 0 saturated heterocycles. The van der Waals surface area contributed by atoms with Gasteiger partial charge in [-0.25, -0.2) is 0 Å². The van der Waals surface area contributed by atoms with Gasteiger partial charge in [-0.1, -0.05) is 12.1 Å². The van der Waals surface area contributed by atoms with Crippen molar-refractivity contribution in [3.05, 3.63) is 29.5 Å². The first-order valence-corrected chi connectivity index (χ1v) is 6.36. The van der Waals surface area contributed by atoms with Crippen molar-refractivity contribution in [2.75, 3.05) is 0 Å². The van der Waals surface area contributed by atoms with Gasteiger partial charge < -0.3 is 15.0 Å². The summed E-state index contributed by atoms with van der Waals surface area (Å²) in [6.45, 7) is 4.76. The smallest absolute Gasteiger partial charge is 0.417 e. The zero-order chi connectivity index (χ0) is 14.7. The van der Waals surface area contributed by atoms with Crippen molar-refractivity contribution >= 4 is 10.8 Å². The normalized spacial score (nSPS) is 18.2. The summed E-state index contributed by atoms with van der Waals surface area (Å²) in [6, 6.07) is 4.01. The van der Waals surface area contributed by atoms with Gasteiger partial charge in [0, 0.05) is 29.7 Å². The summed E-state index contributed by atoms with van der Waals surface area (Å²) in [6.07, 6.45) is -4.47. The number of nitrogens with one attached hydrogen (secondary N) is 1. The fraction of sp³-hybridized carbons (Fsp3) is 0.429. The molecule has 1 aliphatic rings. The van der Waals surface area contributed by atoms with Crippen molar-refractivity contribution in [1.82, 2.24) is 9.88 Å². The highest BCUT2D eigenvalue weighted by Gasteiger charge is 2.37. The van der Waals surface area contributed by atoms with Crippen LogP contribution in [0.4, 0.5) is 13.2 Å². The van der Waals surface area contributed by atoms with E-state index in [1.54, 1.807) is 10.6 Å². The molecule has 108 valence electrons. The standard InChI is InChI=1S/C14H15F3N2O/c1-13(2)7-19-10(6-18-13)8-4-3-5-9(14(15,16)17)11(8)12(19)20/h3-5,18,20H,6-7H2,1-2H3. The van der Waals surface area contributed by atoms with Gasteiger partial charge in [0.05, 0.1) is 10.9 Å². The highest BCUT2D eigenvalue weighted by molar-refractivity contribution is 5.94. The lowest BCUT2D eigenvalue weighted by Crippen LogP contribution is -2.46. The summed E-state index contributed by atoms with van der Waals surface area (Å²) in [7, 11) is 0. The molecule has 1 aliphatic heterocycles. The lowest BCUT2D eigenvalue weighted by Gasteiger charge is -2.33. The molecule has 20 heavy (non-hydrogen) atoms. The number of alkyl halides is 3. The van der Waals surface area contributed by atoms with E-state index in [-0.39, 0.29) is 16.8 Å². The van der Waals surface area contributed by atoms with Crippen LogP contribution in [0.15, 0.2) is 18.2 Å². The molecule has 3 nitrogen and oxygen atoms in total. The molecule has 0 unspecified atom stereocenters. The van der Waals surface area contributed by atoms with E-state index in [2.05, 4.69) is 5.32 Å². The quantitative estimate of drug-likeness (QED) is 0.779. The van der Waals surface area contributed by atoms with Gasteiger partial charge in [0.1, 0.15) is 0 Å². The highest BCUT2D eigenvalue weighted by Crippen LogP contribution is 2.42. The number of aromatic hydroxyl groups is 1. The Balaban J connectivity index is 2.32. The third-order valence-electron chi connectivity index (χ3n) is 3.77. The molecular weight excluding hydrogens is 269 g/mol. The van der Waals surface area contributed by atoms with E-state index in [1.807, 2.05) is 13.8 Å². The molecule has 3 rings (SSSR count). The molecular formula is C14H15F3N2O. The van der Waals surface area contributed by atoms with E-state index in [9.17, 15) is 18.3 Å². The van der Waals surface area contributed by atoms with Crippen LogP contribution in [-0.2, 0) is 19.3 Å². The molecule has 1 aromatic heterocycles. The molecule has 2 heterocycles. The maximum absolute atomic E-state index is 13.1. The lowest BCUT2D eigenvalue weighted by molar-refractivity contribution is -0.136. The molecule has 0 atom stereocenters. The van der Waals surface area contributed by atoms with Crippen LogP contribution >= 0.6 is 0 Å². The average molecular weight is 284 g/mol. The van der Waals surface area contributed by atoms with Crippen LogP contribution in [0.25, 0.3) is 10.8 Å². The largest absolute Gasteiger partial charge is 0.494 e. The van der Waals surface area contributed by atoms with E-state index in [0.29, 0.717) is 24.2 Å². The van der Waals surface area contributed by atoms with Gasteiger partial charge in [0.15, 0.2) is 5.88 Å². The summed E-state index contributed by atoms with van der Waals surface area (Å²) in [5.41, 5.74) is -0.354. The molecule has 0 saturated carbocycles. The number of fused-ring (bicyclic) bond motifs is 3. The van der Waals surface area contributed by atoms with E-state index >= 15 is 0 Å². The second-order valence-electron chi connectivity index (χ2n) is 5.82. The average Bonchev–Trinajstić information content (AvgIpc) is 2.60. The second-order valence-corrected chi connectivity index (χ2v) is 5.82. The summed E-state index contributed by atoms with van der Waals surface area (Å²) >= 11 is 0. The molecule has 6 heteroatoms. The Bertz CT molecular complexity index is 686. The van der Waals surface area contributed by atoms with Crippen molar-refractivity contribution in [2.45, 2.75) is 38.7 Å². The first-order valence-electron chi connectivity index (χ1n) is 6.36. The zero-order valence-corrected chi connectivity index (χ0v) is 11.2. The Labute approximate surface area is 114 Å². The fourth-order valence-corrected chi connectivity index (χ4v) is 2.81. The summed E-state index contributed by atoms with van der Waals surface area (Å²) < 4.78 is 40.8. The van der Waals surface area contributed by atoms with Crippen LogP contribution in [0.1, 0.15) is 25.1 Å². The van der Waals surface area contributed by atoms with Crippen molar-refractivity contribution < 1.29 is 18.3 Å². The number of benzene rings is 1. The van der Waals surface area contributed by atoms with Crippen molar-refractivity contribution in [1.29, 1.82) is 0 Å². The van der Waals surface area contributed by atoms with Gasteiger partial charge in [-0.05, 0) is 19.9 Å². The number of halogens is 3. The minimum Gasteiger partial charge on any atom is -0.494 e. The Kier molecular flexibility index (Phi) is 2.60. The van der Waals surface area contributed by atoms with Crippen LogP contribution in [0, 0.1) is 0 Å². The van der Waals surface area contributed by atoms with Crippen molar-refractivity contribution in [3.8, 4) is 5.88 Å². The molecule has 0 bridgehead atoms. The SMILES string of the molecule is CC1(C)Cn2c(c3cccc(C(F)(F)F)c3c2O)CN1. The van der Waals surface area contributed by atoms with E-state index in [4.69, 9.17) is 0 Å². The number of hydrogen-bond acceptors (Lipinski definition) is 2. The van der Waals surface area contributed by atoms with Crippen molar-refractivity contribution in [2.24, 2.45) is 0 Å². The molecule has 0 spiro atoms. The van der Waals surface area contributed by atoms with E-state index in [0.717, 1.165) is 6.07 Å². The third-order valence-corrected chi connectivity index (χ3v) is 3.77. The van der Waals surface area contributed by atoms with E-state index < -0.39 is 11.7 Å². The molecule has 2 N–H and O–H groups in total. The Morgan fingerprint density at radius 3 is 2.65 bits per heavy atom. The topological polar surface area (TPSA) is 37.2 Å². The van der Waals surface area contributed by atoms with Gasteiger partial charge in [-0.15, -0.1) is 0 Å². The summed E-state index contributed by atoms with van der Waals surface area (Å²) in [4.78, 5) is 0. The number of rotatable bonds is 0. The molecule has 0 amide bonds. The van der Waals surface area contributed by atoms with Gasteiger partial charge in [0.2, 0.25) is 0 Å². The zero-order valence-electron chi connectivity index (χ0n) is 11.2. The van der Waals surface area contributed by atoms with Crippen LogP contribution in [0.5, 0.6) is 5.88 Å². The minimum atomic E-state index is -4.47. The van der Waals surface area contributed by atoms with Crippen LogP contribution < -0.4 is 5.32 Å².